The van der Waals surface area contributed by atoms with Crippen molar-refractivity contribution in [2.45, 2.75) is 50.7 Å². The van der Waals surface area contributed by atoms with Gasteiger partial charge in [0.05, 0.1) is 12.7 Å². The van der Waals surface area contributed by atoms with Gasteiger partial charge in [0.25, 0.3) is 0 Å². The summed E-state index contributed by atoms with van der Waals surface area (Å²) in [6.07, 6.45) is 8.14. The lowest BCUT2D eigenvalue weighted by atomic mass is 9.93. The number of anilines is 1. The molecular weight excluding hydrogens is 374 g/mol. The van der Waals surface area contributed by atoms with E-state index in [1.807, 2.05) is 0 Å². The number of hydrogen-bond acceptors (Lipinski definition) is 5. The van der Waals surface area contributed by atoms with E-state index >= 15 is 0 Å². The van der Waals surface area contributed by atoms with Crippen LogP contribution in [-0.4, -0.2) is 88.1 Å². The highest BCUT2D eigenvalue weighted by atomic mass is 16.5. The summed E-state index contributed by atoms with van der Waals surface area (Å²) in [6.45, 7) is 10.1. The van der Waals surface area contributed by atoms with Crippen molar-refractivity contribution in [2.75, 3.05) is 71.0 Å². The normalized spacial score (nSPS) is 24.7. The van der Waals surface area contributed by atoms with Gasteiger partial charge >= 0.3 is 0 Å². The van der Waals surface area contributed by atoms with E-state index in [1.54, 1.807) is 7.11 Å². The highest BCUT2D eigenvalue weighted by molar-refractivity contribution is 5.46. The van der Waals surface area contributed by atoms with Crippen molar-refractivity contribution < 1.29 is 9.47 Å². The van der Waals surface area contributed by atoms with Gasteiger partial charge in [0.1, 0.15) is 0 Å². The van der Waals surface area contributed by atoms with E-state index in [4.69, 9.17) is 9.47 Å². The summed E-state index contributed by atoms with van der Waals surface area (Å²) in [5.74, 6) is 0.831. The summed E-state index contributed by atoms with van der Waals surface area (Å²) in [4.78, 5) is 7.96. The molecule has 1 aromatic carbocycles. The van der Waals surface area contributed by atoms with Crippen molar-refractivity contribution in [2.24, 2.45) is 5.92 Å². The second-order valence-corrected chi connectivity index (χ2v) is 9.42. The molecule has 30 heavy (non-hydrogen) atoms. The maximum Gasteiger partial charge on any atom is 0.0702 e. The molecule has 3 saturated heterocycles. The van der Waals surface area contributed by atoms with Crippen LogP contribution in [0.2, 0.25) is 0 Å². The molecule has 1 unspecified atom stereocenters. The molecule has 0 N–H and O–H groups in total. The molecule has 3 fully saturated rings. The topological polar surface area (TPSA) is 28.2 Å². The van der Waals surface area contributed by atoms with E-state index in [0.717, 1.165) is 32.2 Å². The molecular formula is C25H41N3O2. The Morgan fingerprint density at radius 1 is 0.967 bits per heavy atom. The Hall–Kier alpha value is -1.14. The van der Waals surface area contributed by atoms with E-state index in [0.29, 0.717) is 12.1 Å². The molecule has 3 aliphatic heterocycles. The summed E-state index contributed by atoms with van der Waals surface area (Å²) in [7, 11) is 1.80. The summed E-state index contributed by atoms with van der Waals surface area (Å²) >= 11 is 0. The third-order valence-electron chi connectivity index (χ3n) is 7.38. The van der Waals surface area contributed by atoms with Crippen molar-refractivity contribution in [3.63, 3.8) is 0 Å². The first-order valence-electron chi connectivity index (χ1n) is 12.2. The molecule has 5 heteroatoms. The fraction of sp³-hybridized carbons (Fsp3) is 0.760. The summed E-state index contributed by atoms with van der Waals surface area (Å²) < 4.78 is 11.3. The van der Waals surface area contributed by atoms with Gasteiger partial charge in [0.2, 0.25) is 0 Å². The van der Waals surface area contributed by atoms with E-state index in [9.17, 15) is 0 Å². The molecule has 0 amide bonds. The lowest BCUT2D eigenvalue weighted by Crippen LogP contribution is -2.50. The van der Waals surface area contributed by atoms with E-state index in [1.165, 1.54) is 76.9 Å². The van der Waals surface area contributed by atoms with Crippen LogP contribution in [0.3, 0.4) is 0 Å². The molecule has 3 aliphatic rings. The number of benzene rings is 1. The Kier molecular flexibility index (Phi) is 8.44. The minimum absolute atomic E-state index is 0.457. The predicted octanol–water partition coefficient (Wildman–Crippen LogP) is 3.49. The predicted molar refractivity (Wildman–Crippen MR) is 123 cm³/mol. The molecule has 0 bridgehead atoms. The SMILES string of the molecule is COCCN1CCC(CN(CC2CCCO2)C2CCN(c3ccccc3)CC2)CC1. The zero-order valence-corrected chi connectivity index (χ0v) is 18.9. The Bertz CT molecular complexity index is 592. The second kappa shape index (κ2) is 11.5. The molecule has 0 aliphatic carbocycles. The first-order chi connectivity index (χ1) is 14.8. The number of ether oxygens (including phenoxy) is 2. The third kappa shape index (κ3) is 6.19. The van der Waals surface area contributed by atoms with E-state index in [2.05, 4.69) is 45.0 Å². The van der Waals surface area contributed by atoms with Gasteiger partial charge in [-0.25, -0.2) is 0 Å². The van der Waals surface area contributed by atoms with Crippen molar-refractivity contribution in [1.82, 2.24) is 9.80 Å². The highest BCUT2D eigenvalue weighted by Gasteiger charge is 2.30. The first-order valence-corrected chi connectivity index (χ1v) is 12.2. The van der Waals surface area contributed by atoms with Gasteiger partial charge in [0.15, 0.2) is 0 Å². The monoisotopic (exact) mass is 415 g/mol. The number of nitrogens with zero attached hydrogens (tertiary/aromatic N) is 3. The molecule has 1 atom stereocenters. The fourth-order valence-corrected chi connectivity index (χ4v) is 5.50. The molecule has 0 radical (unpaired) electrons. The van der Waals surface area contributed by atoms with Gasteiger partial charge in [-0.05, 0) is 69.7 Å². The lowest BCUT2D eigenvalue weighted by molar-refractivity contribution is 0.0347. The van der Waals surface area contributed by atoms with Gasteiger partial charge in [-0.2, -0.15) is 0 Å². The Morgan fingerprint density at radius 3 is 2.40 bits per heavy atom. The van der Waals surface area contributed by atoms with Gasteiger partial charge in [-0.1, -0.05) is 18.2 Å². The smallest absolute Gasteiger partial charge is 0.0702 e. The van der Waals surface area contributed by atoms with Crippen molar-refractivity contribution in [3.8, 4) is 0 Å². The van der Waals surface area contributed by atoms with Crippen LogP contribution < -0.4 is 4.90 Å². The number of methoxy groups -OCH3 is 1. The summed E-state index contributed by atoms with van der Waals surface area (Å²) in [5, 5.41) is 0. The van der Waals surface area contributed by atoms with Crippen molar-refractivity contribution in [1.29, 1.82) is 0 Å². The number of rotatable bonds is 9. The standard InChI is InChI=1S/C25H41N3O2/c1-29-19-17-26-13-9-22(10-14-26)20-28(21-25-8-5-18-30-25)24-11-15-27(16-12-24)23-6-3-2-4-7-23/h2-4,6-7,22,24-25H,5,8-21H2,1H3. The first kappa shape index (κ1) is 22.1. The molecule has 1 aromatic rings. The molecule has 0 saturated carbocycles. The average molecular weight is 416 g/mol. The second-order valence-electron chi connectivity index (χ2n) is 9.42. The van der Waals surface area contributed by atoms with Gasteiger partial charge in [-0.3, -0.25) is 4.90 Å². The van der Waals surface area contributed by atoms with Crippen LogP contribution >= 0.6 is 0 Å². The van der Waals surface area contributed by atoms with Gasteiger partial charge in [-0.15, -0.1) is 0 Å². The Balaban J connectivity index is 1.30. The lowest BCUT2D eigenvalue weighted by Gasteiger charge is -2.42. The minimum atomic E-state index is 0.457. The number of hydrogen-bond donors (Lipinski definition) is 0. The average Bonchev–Trinajstić information content (AvgIpc) is 3.32. The van der Waals surface area contributed by atoms with Gasteiger partial charge in [0, 0.05) is 58.2 Å². The fourth-order valence-electron chi connectivity index (χ4n) is 5.50. The molecule has 3 heterocycles. The van der Waals surface area contributed by atoms with Crippen LogP contribution in [0.15, 0.2) is 30.3 Å². The Labute approximate surface area is 183 Å². The highest BCUT2D eigenvalue weighted by Crippen LogP contribution is 2.27. The summed E-state index contributed by atoms with van der Waals surface area (Å²) in [5.41, 5.74) is 1.38. The van der Waals surface area contributed by atoms with Crippen LogP contribution in [0.4, 0.5) is 5.69 Å². The van der Waals surface area contributed by atoms with Crippen LogP contribution in [0.25, 0.3) is 0 Å². The van der Waals surface area contributed by atoms with E-state index in [-0.39, 0.29) is 0 Å². The molecule has 5 nitrogen and oxygen atoms in total. The Morgan fingerprint density at radius 2 is 1.73 bits per heavy atom. The largest absolute Gasteiger partial charge is 0.383 e. The third-order valence-corrected chi connectivity index (χ3v) is 7.38. The van der Waals surface area contributed by atoms with Crippen LogP contribution in [0, 0.1) is 5.92 Å². The quantitative estimate of drug-likeness (QED) is 0.616. The van der Waals surface area contributed by atoms with E-state index < -0.39 is 0 Å². The number of likely N-dealkylation sites (tertiary alicyclic amines) is 1. The maximum absolute atomic E-state index is 6.04. The number of piperidine rings is 2. The minimum Gasteiger partial charge on any atom is -0.383 e. The zero-order valence-electron chi connectivity index (χ0n) is 18.9. The van der Waals surface area contributed by atoms with Crippen LogP contribution in [0.5, 0.6) is 0 Å². The molecule has 0 spiro atoms. The molecule has 168 valence electrons. The van der Waals surface area contributed by atoms with Crippen LogP contribution in [-0.2, 0) is 9.47 Å². The zero-order chi connectivity index (χ0) is 20.6. The summed E-state index contributed by atoms with van der Waals surface area (Å²) in [6, 6.07) is 11.6. The van der Waals surface area contributed by atoms with Crippen molar-refractivity contribution in [3.05, 3.63) is 30.3 Å². The molecule has 0 aromatic heterocycles. The van der Waals surface area contributed by atoms with Crippen LogP contribution in [0.1, 0.15) is 38.5 Å². The van der Waals surface area contributed by atoms with Crippen molar-refractivity contribution >= 4 is 5.69 Å². The maximum atomic E-state index is 6.04. The number of para-hydroxylation sites is 1. The van der Waals surface area contributed by atoms with Gasteiger partial charge < -0.3 is 19.3 Å². The molecule has 4 rings (SSSR count).